The van der Waals surface area contributed by atoms with Gasteiger partial charge in [-0.15, -0.1) is 11.3 Å². The van der Waals surface area contributed by atoms with Crippen LogP contribution in [-0.2, 0) is 17.5 Å². The highest BCUT2D eigenvalue weighted by molar-refractivity contribution is 7.88. The number of fused-ring (bicyclic) bond motifs is 1. The fraction of sp³-hybridized carbons (Fsp3) is 0.381. The summed E-state index contributed by atoms with van der Waals surface area (Å²) in [6, 6.07) is 8.27. The normalized spacial score (nSPS) is 17.0. The first kappa shape index (κ1) is 22.0. The van der Waals surface area contributed by atoms with Gasteiger partial charge in [0.15, 0.2) is 11.0 Å². The molecule has 0 aliphatic carbocycles. The molecule has 4 rings (SSSR count). The molecule has 1 fully saturated rings. The molecule has 1 aliphatic rings. The minimum absolute atomic E-state index is 0.0956. The Morgan fingerprint density at radius 2 is 2.20 bits per heavy atom. The highest BCUT2D eigenvalue weighted by Gasteiger charge is 2.23. The summed E-state index contributed by atoms with van der Waals surface area (Å²) >= 11 is 1.41. The third-order valence-corrected chi connectivity index (χ3v) is 7.25. The van der Waals surface area contributed by atoms with E-state index >= 15 is 0 Å². The van der Waals surface area contributed by atoms with E-state index in [1.807, 2.05) is 32.9 Å². The van der Waals surface area contributed by atoms with Gasteiger partial charge >= 0.3 is 0 Å². The fourth-order valence-corrected chi connectivity index (χ4v) is 5.49. The van der Waals surface area contributed by atoms with E-state index < -0.39 is 11.0 Å². The summed E-state index contributed by atoms with van der Waals surface area (Å²) in [6.45, 7) is 8.28. The number of hydrogen-bond acceptors (Lipinski definition) is 6. The van der Waals surface area contributed by atoms with Crippen LogP contribution in [0.25, 0.3) is 10.9 Å². The Labute approximate surface area is 182 Å². The minimum Gasteiger partial charge on any atom is -0.358 e. The van der Waals surface area contributed by atoms with Crippen LogP contribution in [0.2, 0.25) is 0 Å². The highest BCUT2D eigenvalue weighted by atomic mass is 32.2. The second-order valence-corrected chi connectivity index (χ2v) is 9.34. The maximum absolute atomic E-state index is 12.8. The van der Waals surface area contributed by atoms with Crippen LogP contribution in [0.5, 0.6) is 0 Å². The molecule has 0 amide bonds. The topological polar surface area (TPSA) is 109 Å². The van der Waals surface area contributed by atoms with Crippen molar-refractivity contribution in [3.8, 4) is 12.1 Å². The minimum atomic E-state index is -1.45. The lowest BCUT2D eigenvalue weighted by Gasteiger charge is -2.11. The number of rotatable bonds is 5. The van der Waals surface area contributed by atoms with Gasteiger partial charge in [0, 0.05) is 18.1 Å². The molecule has 0 saturated carbocycles. The number of likely N-dealkylation sites (tertiary alicyclic amines) is 1. The number of H-pyrrole nitrogens is 1. The first-order valence-electron chi connectivity index (χ1n) is 9.85. The molecular weight excluding hydrogens is 416 g/mol. The van der Waals surface area contributed by atoms with Crippen molar-refractivity contribution in [3.63, 3.8) is 0 Å². The average Bonchev–Trinajstić information content (AvgIpc) is 3.51. The number of nitrogens with one attached hydrogen (secondary N) is 2. The van der Waals surface area contributed by atoms with Crippen molar-refractivity contribution in [2.45, 2.75) is 37.9 Å². The van der Waals surface area contributed by atoms with Gasteiger partial charge in [-0.05, 0) is 31.5 Å². The molecule has 0 bridgehead atoms. The van der Waals surface area contributed by atoms with Crippen LogP contribution in [0.1, 0.15) is 36.4 Å². The number of benzene rings is 1. The molecule has 1 aromatic carbocycles. The number of aromatic amines is 1. The van der Waals surface area contributed by atoms with Gasteiger partial charge in [-0.3, -0.25) is 9.62 Å². The van der Waals surface area contributed by atoms with Crippen molar-refractivity contribution < 1.29 is 4.21 Å². The molecule has 3 heterocycles. The maximum atomic E-state index is 12.8. The molecule has 9 heteroatoms. The Bertz CT molecular complexity index is 1140. The lowest BCUT2D eigenvalue weighted by molar-refractivity contribution is 0.324. The second-order valence-electron chi connectivity index (χ2n) is 6.79. The van der Waals surface area contributed by atoms with Crippen molar-refractivity contribution in [2.24, 2.45) is 5.92 Å². The van der Waals surface area contributed by atoms with Crippen molar-refractivity contribution >= 4 is 38.9 Å². The molecular formula is C21H24N6OS2. The lowest BCUT2D eigenvalue weighted by atomic mass is 10.1. The Morgan fingerprint density at radius 1 is 1.40 bits per heavy atom. The largest absolute Gasteiger partial charge is 0.358 e. The van der Waals surface area contributed by atoms with Crippen molar-refractivity contribution in [1.29, 1.82) is 10.5 Å². The van der Waals surface area contributed by atoms with E-state index in [0.29, 0.717) is 22.0 Å². The molecule has 0 radical (unpaired) electrons. The Morgan fingerprint density at radius 3 is 2.90 bits per heavy atom. The molecule has 2 unspecified atom stereocenters. The third-order valence-electron chi connectivity index (χ3n) is 4.90. The fourth-order valence-electron chi connectivity index (χ4n) is 3.47. The smallest absolute Gasteiger partial charge is 0.162 e. The SMILES string of the molecule is CC.Cc1ccc(NS(=O)c2cnc(CN3CCC(C#N)C3)s2)c2[nH]cc(C#N)c12. The summed E-state index contributed by atoms with van der Waals surface area (Å²) in [4.78, 5) is 9.71. The van der Waals surface area contributed by atoms with Gasteiger partial charge in [0.05, 0.1) is 41.5 Å². The molecule has 2 aromatic heterocycles. The summed E-state index contributed by atoms with van der Waals surface area (Å²) in [5.41, 5.74) is 3.02. The molecule has 2 N–H and O–H groups in total. The molecule has 0 spiro atoms. The molecule has 2 atom stereocenters. The number of hydrogen-bond donors (Lipinski definition) is 2. The number of anilines is 1. The predicted octanol–water partition coefficient (Wildman–Crippen LogP) is 4.31. The first-order valence-corrected chi connectivity index (χ1v) is 11.8. The van der Waals surface area contributed by atoms with Crippen LogP contribution in [0, 0.1) is 35.5 Å². The average molecular weight is 441 g/mol. The van der Waals surface area contributed by atoms with Crippen LogP contribution >= 0.6 is 11.3 Å². The summed E-state index contributed by atoms with van der Waals surface area (Å²) in [6.07, 6.45) is 4.20. The number of thiazole rings is 1. The molecule has 30 heavy (non-hydrogen) atoms. The maximum Gasteiger partial charge on any atom is 0.162 e. The lowest BCUT2D eigenvalue weighted by Crippen LogP contribution is -2.19. The van der Waals surface area contributed by atoms with Crippen LogP contribution in [0.15, 0.2) is 28.7 Å². The van der Waals surface area contributed by atoms with Gasteiger partial charge in [0.1, 0.15) is 15.3 Å². The standard InChI is InChI=1S/C19H18N6OS2.C2H6/c1-12-2-3-15(19-18(12)14(7-21)8-23-19)24-28(26)17-9-22-16(27-17)11-25-5-4-13(6-20)10-25;1-2/h2-3,8-9,13,23-24H,4-5,10-11H2,1H3;1-2H3. The first-order chi connectivity index (χ1) is 14.6. The van der Waals surface area contributed by atoms with Crippen LogP contribution in [0.3, 0.4) is 0 Å². The highest BCUT2D eigenvalue weighted by Crippen LogP contribution is 2.30. The molecule has 156 valence electrons. The number of nitrogens with zero attached hydrogens (tertiary/aromatic N) is 4. The second kappa shape index (κ2) is 9.86. The van der Waals surface area contributed by atoms with Crippen LogP contribution < -0.4 is 4.72 Å². The molecule has 3 aromatic rings. The van der Waals surface area contributed by atoms with Gasteiger partial charge in [0.2, 0.25) is 0 Å². The number of nitriles is 2. The molecule has 1 aliphatic heterocycles. The summed E-state index contributed by atoms with van der Waals surface area (Å²) in [5.74, 6) is 0.0956. The van der Waals surface area contributed by atoms with E-state index in [2.05, 4.69) is 31.7 Å². The monoisotopic (exact) mass is 440 g/mol. The van der Waals surface area contributed by atoms with Crippen molar-refractivity contribution in [2.75, 3.05) is 17.8 Å². The van der Waals surface area contributed by atoms with Crippen LogP contribution in [0.4, 0.5) is 5.69 Å². The van der Waals surface area contributed by atoms with E-state index in [4.69, 9.17) is 5.26 Å². The zero-order valence-corrected chi connectivity index (χ0v) is 18.9. The zero-order chi connectivity index (χ0) is 21.7. The van der Waals surface area contributed by atoms with E-state index in [9.17, 15) is 9.47 Å². The zero-order valence-electron chi connectivity index (χ0n) is 17.2. The van der Waals surface area contributed by atoms with E-state index in [1.165, 1.54) is 11.3 Å². The van der Waals surface area contributed by atoms with Gasteiger partial charge in [0.25, 0.3) is 0 Å². The number of aryl methyl sites for hydroxylation is 1. The van der Waals surface area contributed by atoms with E-state index in [-0.39, 0.29) is 5.92 Å². The Balaban J connectivity index is 0.00000124. The summed E-state index contributed by atoms with van der Waals surface area (Å²) in [7, 11) is -1.45. The summed E-state index contributed by atoms with van der Waals surface area (Å²) in [5, 5.41) is 20.0. The van der Waals surface area contributed by atoms with E-state index in [1.54, 1.807) is 12.4 Å². The van der Waals surface area contributed by atoms with Gasteiger partial charge < -0.3 is 4.98 Å². The summed E-state index contributed by atoms with van der Waals surface area (Å²) < 4.78 is 16.5. The molecule has 1 saturated heterocycles. The quantitative estimate of drug-likeness (QED) is 0.614. The Hall–Kier alpha value is -2.72. The van der Waals surface area contributed by atoms with Crippen molar-refractivity contribution in [3.05, 3.63) is 40.7 Å². The molecule has 7 nitrogen and oxygen atoms in total. The van der Waals surface area contributed by atoms with Crippen LogP contribution in [-0.4, -0.2) is 32.2 Å². The van der Waals surface area contributed by atoms with Crippen molar-refractivity contribution in [1.82, 2.24) is 14.9 Å². The van der Waals surface area contributed by atoms with E-state index in [0.717, 1.165) is 41.0 Å². The predicted molar refractivity (Wildman–Crippen MR) is 120 cm³/mol. The Kier molecular flexibility index (Phi) is 7.22. The third kappa shape index (κ3) is 4.54. The van der Waals surface area contributed by atoms with Gasteiger partial charge in [-0.2, -0.15) is 10.5 Å². The number of aromatic nitrogens is 2. The van der Waals surface area contributed by atoms with Gasteiger partial charge in [-0.1, -0.05) is 19.9 Å². The van der Waals surface area contributed by atoms with Gasteiger partial charge in [-0.25, -0.2) is 9.19 Å².